The van der Waals surface area contributed by atoms with Crippen molar-refractivity contribution in [2.75, 3.05) is 11.9 Å². The molecule has 0 bridgehead atoms. The van der Waals surface area contributed by atoms with Gasteiger partial charge in [0, 0.05) is 24.4 Å². The highest BCUT2D eigenvalue weighted by Gasteiger charge is 2.23. The van der Waals surface area contributed by atoms with Crippen LogP contribution in [0.2, 0.25) is 10.0 Å². The van der Waals surface area contributed by atoms with Crippen molar-refractivity contribution >= 4 is 40.8 Å². The summed E-state index contributed by atoms with van der Waals surface area (Å²) in [4.78, 5) is 28.3. The van der Waals surface area contributed by atoms with Crippen LogP contribution in [0.5, 0.6) is 0 Å². The number of halogens is 2. The number of carbonyl (C=O) groups excluding carboxylic acids is 2. The van der Waals surface area contributed by atoms with E-state index in [-0.39, 0.29) is 23.8 Å². The molecule has 0 saturated carbocycles. The zero-order valence-corrected chi connectivity index (χ0v) is 25.7. The van der Waals surface area contributed by atoms with Crippen LogP contribution in [-0.2, 0) is 21.5 Å². The lowest BCUT2D eigenvalue weighted by Crippen LogP contribution is -2.37. The number of benzene rings is 2. The standard InChI is InChI=1S/C32H42Cl2N4O2/c1-5-6-7-8-9-10-14-17-31(40)37(22-24-15-12-11-13-16-24)23-30(39)35-29-21-28(32(2,3)4)36-38(29)25-18-19-26(33)27(34)20-25/h11-13,15-16,18-21H,5-10,14,17,22-23H2,1-4H3,(H,35,39). The van der Waals surface area contributed by atoms with Gasteiger partial charge >= 0.3 is 0 Å². The van der Waals surface area contributed by atoms with E-state index < -0.39 is 0 Å². The summed E-state index contributed by atoms with van der Waals surface area (Å²) >= 11 is 12.4. The van der Waals surface area contributed by atoms with Gasteiger partial charge in [-0.05, 0) is 30.2 Å². The van der Waals surface area contributed by atoms with Gasteiger partial charge in [-0.25, -0.2) is 4.68 Å². The fraction of sp³-hybridized carbons (Fsp3) is 0.469. The van der Waals surface area contributed by atoms with Gasteiger partial charge in [-0.3, -0.25) is 9.59 Å². The predicted molar refractivity (Wildman–Crippen MR) is 165 cm³/mol. The summed E-state index contributed by atoms with van der Waals surface area (Å²) in [7, 11) is 0. The summed E-state index contributed by atoms with van der Waals surface area (Å²) in [6.45, 7) is 8.71. The van der Waals surface area contributed by atoms with Crippen LogP contribution in [0, 0.1) is 0 Å². The Morgan fingerprint density at radius 1 is 0.900 bits per heavy atom. The van der Waals surface area contributed by atoms with Crippen molar-refractivity contribution in [1.29, 1.82) is 0 Å². The molecule has 2 amide bonds. The van der Waals surface area contributed by atoms with Crippen molar-refractivity contribution in [3.8, 4) is 5.69 Å². The Morgan fingerprint density at radius 2 is 1.57 bits per heavy atom. The molecule has 0 aliphatic carbocycles. The smallest absolute Gasteiger partial charge is 0.245 e. The lowest BCUT2D eigenvalue weighted by Gasteiger charge is -2.23. The van der Waals surface area contributed by atoms with E-state index in [9.17, 15) is 9.59 Å². The van der Waals surface area contributed by atoms with Gasteiger partial charge in [0.25, 0.3) is 0 Å². The summed E-state index contributed by atoms with van der Waals surface area (Å²) < 4.78 is 1.66. The van der Waals surface area contributed by atoms with Crippen LogP contribution in [0.15, 0.2) is 54.6 Å². The highest BCUT2D eigenvalue weighted by Crippen LogP contribution is 2.29. The van der Waals surface area contributed by atoms with E-state index in [0.29, 0.717) is 34.5 Å². The molecule has 40 heavy (non-hydrogen) atoms. The van der Waals surface area contributed by atoms with Gasteiger partial charge in [0.05, 0.1) is 21.4 Å². The molecule has 0 unspecified atom stereocenters. The van der Waals surface area contributed by atoms with Gasteiger partial charge in [0.2, 0.25) is 11.8 Å². The minimum atomic E-state index is -0.287. The molecule has 8 heteroatoms. The molecule has 0 spiro atoms. The first-order valence-corrected chi connectivity index (χ1v) is 15.0. The molecule has 0 atom stereocenters. The van der Waals surface area contributed by atoms with Gasteiger partial charge in [-0.1, -0.05) is 120 Å². The summed E-state index contributed by atoms with van der Waals surface area (Å²) in [5, 5.41) is 8.59. The van der Waals surface area contributed by atoms with Gasteiger partial charge in [0.1, 0.15) is 12.4 Å². The van der Waals surface area contributed by atoms with E-state index >= 15 is 0 Å². The van der Waals surface area contributed by atoms with E-state index in [1.165, 1.54) is 25.7 Å². The van der Waals surface area contributed by atoms with Crippen LogP contribution in [0.25, 0.3) is 5.69 Å². The highest BCUT2D eigenvalue weighted by molar-refractivity contribution is 6.42. The Hall–Kier alpha value is -2.83. The zero-order chi connectivity index (χ0) is 29.1. The Bertz CT molecular complexity index is 1250. The molecule has 0 radical (unpaired) electrons. The predicted octanol–water partition coefficient (Wildman–Crippen LogP) is 8.58. The van der Waals surface area contributed by atoms with Crippen LogP contribution in [0.3, 0.4) is 0 Å². The largest absolute Gasteiger partial charge is 0.329 e. The van der Waals surface area contributed by atoms with Crippen LogP contribution < -0.4 is 5.32 Å². The van der Waals surface area contributed by atoms with Crippen LogP contribution in [0.1, 0.15) is 90.3 Å². The molecule has 0 saturated heterocycles. The second kappa shape index (κ2) is 15.2. The lowest BCUT2D eigenvalue weighted by molar-refractivity contribution is -0.135. The third-order valence-electron chi connectivity index (χ3n) is 6.79. The van der Waals surface area contributed by atoms with Gasteiger partial charge in [0.15, 0.2) is 0 Å². The van der Waals surface area contributed by atoms with Crippen LogP contribution >= 0.6 is 23.2 Å². The Balaban J connectivity index is 1.74. The Kier molecular flexibility index (Phi) is 12.1. The van der Waals surface area contributed by atoms with Crippen molar-refractivity contribution in [3.05, 3.63) is 75.9 Å². The second-order valence-corrected chi connectivity index (χ2v) is 12.1. The van der Waals surface area contributed by atoms with Crippen LogP contribution in [-0.4, -0.2) is 33.0 Å². The molecule has 0 fully saturated rings. The molecule has 1 N–H and O–H groups in total. The third-order valence-corrected chi connectivity index (χ3v) is 7.53. The highest BCUT2D eigenvalue weighted by atomic mass is 35.5. The fourth-order valence-corrected chi connectivity index (χ4v) is 4.73. The normalized spacial score (nSPS) is 11.4. The maximum absolute atomic E-state index is 13.4. The zero-order valence-electron chi connectivity index (χ0n) is 24.2. The van der Waals surface area contributed by atoms with Crippen molar-refractivity contribution < 1.29 is 9.59 Å². The van der Waals surface area contributed by atoms with Crippen molar-refractivity contribution in [1.82, 2.24) is 14.7 Å². The van der Waals surface area contributed by atoms with E-state index in [4.69, 9.17) is 28.3 Å². The number of carbonyl (C=O) groups is 2. The topological polar surface area (TPSA) is 67.2 Å². The average molecular weight is 586 g/mol. The number of nitrogens with zero attached hydrogens (tertiary/aromatic N) is 3. The third kappa shape index (κ3) is 9.67. The molecular weight excluding hydrogens is 543 g/mol. The summed E-state index contributed by atoms with van der Waals surface area (Å²) in [6, 6.07) is 16.9. The number of aromatic nitrogens is 2. The lowest BCUT2D eigenvalue weighted by atomic mass is 9.92. The van der Waals surface area contributed by atoms with E-state index in [1.54, 1.807) is 27.8 Å². The van der Waals surface area contributed by atoms with E-state index in [2.05, 4.69) is 33.0 Å². The molecule has 216 valence electrons. The number of rotatable bonds is 14. The quantitative estimate of drug-likeness (QED) is 0.193. The number of hydrogen-bond acceptors (Lipinski definition) is 3. The first kappa shape index (κ1) is 31.7. The monoisotopic (exact) mass is 584 g/mol. The SMILES string of the molecule is CCCCCCCCCC(=O)N(CC(=O)Nc1cc(C(C)(C)C)nn1-c1ccc(Cl)c(Cl)c1)Cc1ccccc1. The average Bonchev–Trinajstić information content (AvgIpc) is 3.34. The second-order valence-electron chi connectivity index (χ2n) is 11.3. The first-order chi connectivity index (χ1) is 19.1. The minimum absolute atomic E-state index is 0.0130. The molecule has 0 aliphatic rings. The van der Waals surface area contributed by atoms with Crippen molar-refractivity contribution in [2.24, 2.45) is 0 Å². The van der Waals surface area contributed by atoms with E-state index in [0.717, 1.165) is 30.5 Å². The Labute approximate surface area is 249 Å². The molecule has 1 heterocycles. The summed E-state index contributed by atoms with van der Waals surface area (Å²) in [5.74, 6) is 0.207. The molecule has 3 rings (SSSR count). The maximum Gasteiger partial charge on any atom is 0.245 e. The minimum Gasteiger partial charge on any atom is -0.329 e. The Morgan fingerprint density at radius 3 is 2.23 bits per heavy atom. The van der Waals surface area contributed by atoms with Crippen molar-refractivity contribution in [2.45, 2.75) is 91.0 Å². The molecule has 0 aliphatic heterocycles. The van der Waals surface area contributed by atoms with Crippen molar-refractivity contribution in [3.63, 3.8) is 0 Å². The number of unbranched alkanes of at least 4 members (excludes halogenated alkanes) is 6. The molecule has 2 aromatic carbocycles. The molecule has 3 aromatic rings. The molecule has 1 aromatic heterocycles. The van der Waals surface area contributed by atoms with Gasteiger partial charge in [-0.15, -0.1) is 0 Å². The van der Waals surface area contributed by atoms with Crippen LogP contribution in [0.4, 0.5) is 5.82 Å². The number of anilines is 1. The number of amides is 2. The van der Waals surface area contributed by atoms with E-state index in [1.807, 2.05) is 36.4 Å². The number of nitrogens with one attached hydrogen (secondary N) is 1. The fourth-order valence-electron chi connectivity index (χ4n) is 4.43. The number of hydrogen-bond donors (Lipinski definition) is 1. The van der Waals surface area contributed by atoms with Gasteiger partial charge in [-0.2, -0.15) is 5.10 Å². The summed E-state index contributed by atoms with van der Waals surface area (Å²) in [6.07, 6.45) is 8.38. The maximum atomic E-state index is 13.4. The molecule has 6 nitrogen and oxygen atoms in total. The molecular formula is C32H42Cl2N4O2. The first-order valence-electron chi connectivity index (χ1n) is 14.3. The summed E-state index contributed by atoms with van der Waals surface area (Å²) in [5.41, 5.74) is 2.23. The van der Waals surface area contributed by atoms with Gasteiger partial charge < -0.3 is 10.2 Å².